The van der Waals surface area contributed by atoms with E-state index in [1.165, 1.54) is 0 Å². The van der Waals surface area contributed by atoms with E-state index in [-0.39, 0.29) is 0 Å². The fourth-order valence-corrected chi connectivity index (χ4v) is 3.74. The van der Waals surface area contributed by atoms with Gasteiger partial charge in [-0.2, -0.15) is 0 Å². The Labute approximate surface area is 164 Å². The van der Waals surface area contributed by atoms with Crippen LogP contribution in [0.1, 0.15) is 17.2 Å². The van der Waals surface area contributed by atoms with Gasteiger partial charge >= 0.3 is 5.97 Å². The molecule has 2 aromatic carbocycles. The number of hydrogen-bond donors (Lipinski definition) is 2. The number of aliphatic carboxylic acids is 1. The average Bonchev–Trinajstić information content (AvgIpc) is 3.11. The van der Waals surface area contributed by atoms with Crippen LogP contribution >= 0.6 is 0 Å². The predicted octanol–water partition coefficient (Wildman–Crippen LogP) is 3.12. The van der Waals surface area contributed by atoms with Crippen molar-refractivity contribution >= 4 is 16.9 Å². The van der Waals surface area contributed by atoms with E-state index in [1.807, 2.05) is 59.6 Å². The number of aromatic amines is 1. The summed E-state index contributed by atoms with van der Waals surface area (Å²) in [6, 6.07) is 15.1. The van der Waals surface area contributed by atoms with Crippen molar-refractivity contribution in [2.24, 2.45) is 0 Å². The van der Waals surface area contributed by atoms with Crippen molar-refractivity contribution in [1.82, 2.24) is 14.8 Å². The topological polar surface area (TPSA) is 68.8 Å². The molecule has 0 radical (unpaired) electrons. The quantitative estimate of drug-likeness (QED) is 0.689. The fraction of sp³-hybridized carbons (Fsp3) is 0.318. The molecule has 0 unspecified atom stereocenters. The molecule has 1 aromatic heterocycles. The van der Waals surface area contributed by atoms with Crippen molar-refractivity contribution in [3.63, 3.8) is 0 Å². The summed E-state index contributed by atoms with van der Waals surface area (Å²) in [7, 11) is 2.06. The normalized spacial score (nSPS) is 16.9. The summed E-state index contributed by atoms with van der Waals surface area (Å²) in [5, 5.41) is 10.8. The second kappa shape index (κ2) is 8.04. The van der Waals surface area contributed by atoms with E-state index in [1.54, 1.807) is 0 Å². The summed E-state index contributed by atoms with van der Waals surface area (Å²) >= 11 is 0. The zero-order valence-corrected chi connectivity index (χ0v) is 16.0. The molecule has 2 N–H and O–H groups in total. The molecule has 28 heavy (non-hydrogen) atoms. The minimum Gasteiger partial charge on any atom is -0.489 e. The first-order valence-corrected chi connectivity index (χ1v) is 9.55. The number of benzene rings is 2. The Hall–Kier alpha value is -2.83. The second-order valence-electron chi connectivity index (χ2n) is 7.31. The maximum Gasteiger partial charge on any atom is 0.325 e. The van der Waals surface area contributed by atoms with Gasteiger partial charge in [-0.15, -0.1) is 0 Å². The van der Waals surface area contributed by atoms with Crippen molar-refractivity contribution in [3.8, 4) is 5.75 Å². The summed E-state index contributed by atoms with van der Waals surface area (Å²) < 4.78 is 5.94. The highest BCUT2D eigenvalue weighted by Crippen LogP contribution is 2.32. The van der Waals surface area contributed by atoms with Crippen molar-refractivity contribution in [3.05, 3.63) is 65.9 Å². The molecule has 0 amide bonds. The molecule has 1 fully saturated rings. The summed E-state index contributed by atoms with van der Waals surface area (Å²) in [6.45, 7) is 3.71. The molecule has 146 valence electrons. The van der Waals surface area contributed by atoms with Crippen LogP contribution in [0.2, 0.25) is 0 Å². The molecule has 6 heteroatoms. The van der Waals surface area contributed by atoms with E-state index < -0.39 is 12.0 Å². The van der Waals surface area contributed by atoms with Crippen LogP contribution in [0.25, 0.3) is 10.9 Å². The molecular weight excluding hydrogens is 354 g/mol. The predicted molar refractivity (Wildman–Crippen MR) is 109 cm³/mol. The molecule has 1 aliphatic heterocycles. The highest BCUT2D eigenvalue weighted by atomic mass is 16.5. The zero-order chi connectivity index (χ0) is 19.5. The fourth-order valence-electron chi connectivity index (χ4n) is 3.74. The number of piperazine rings is 1. The number of H-pyrrole nitrogens is 1. The van der Waals surface area contributed by atoms with Gasteiger partial charge in [0.1, 0.15) is 18.4 Å². The van der Waals surface area contributed by atoms with E-state index in [2.05, 4.69) is 16.9 Å². The Morgan fingerprint density at radius 1 is 1.14 bits per heavy atom. The third kappa shape index (κ3) is 3.88. The van der Waals surface area contributed by atoms with Crippen molar-refractivity contribution in [1.29, 1.82) is 0 Å². The Morgan fingerprint density at radius 2 is 1.89 bits per heavy atom. The first-order chi connectivity index (χ1) is 13.6. The lowest BCUT2D eigenvalue weighted by atomic mass is 10.0. The number of carboxylic acid groups (broad SMARTS) is 1. The monoisotopic (exact) mass is 379 g/mol. The van der Waals surface area contributed by atoms with Crippen LogP contribution in [0.15, 0.2) is 54.7 Å². The summed E-state index contributed by atoms with van der Waals surface area (Å²) in [4.78, 5) is 19.6. The van der Waals surface area contributed by atoms with Gasteiger partial charge in [0.25, 0.3) is 0 Å². The van der Waals surface area contributed by atoms with Gasteiger partial charge in [0, 0.05) is 48.8 Å². The number of ether oxygens (including phenoxy) is 1. The lowest BCUT2D eigenvalue weighted by Gasteiger charge is -2.36. The number of likely N-dealkylation sites (N-methyl/N-ethyl adjacent to an activating group) is 1. The van der Waals surface area contributed by atoms with E-state index in [4.69, 9.17) is 4.74 Å². The van der Waals surface area contributed by atoms with Crippen LogP contribution in [-0.2, 0) is 11.4 Å². The average molecular weight is 379 g/mol. The smallest absolute Gasteiger partial charge is 0.325 e. The number of carbonyl (C=O) groups is 1. The third-order valence-electron chi connectivity index (χ3n) is 5.37. The maximum atomic E-state index is 12.1. The van der Waals surface area contributed by atoms with E-state index in [9.17, 15) is 9.90 Å². The Morgan fingerprint density at radius 3 is 2.61 bits per heavy atom. The van der Waals surface area contributed by atoms with Gasteiger partial charge in [0.05, 0.1) is 0 Å². The van der Waals surface area contributed by atoms with Gasteiger partial charge in [-0.25, -0.2) is 0 Å². The molecule has 1 atom stereocenters. The molecule has 6 nitrogen and oxygen atoms in total. The van der Waals surface area contributed by atoms with Crippen LogP contribution in [0.5, 0.6) is 5.75 Å². The SMILES string of the molecule is CN1CCN([C@H](C(=O)O)c2c[nH]c3ccc(OCc4ccccc4)cc23)CC1. The molecule has 3 aromatic rings. The Balaban J connectivity index is 1.60. The molecule has 1 aliphatic rings. The van der Waals surface area contributed by atoms with Gasteiger partial charge in [0.15, 0.2) is 0 Å². The summed E-state index contributed by atoms with van der Waals surface area (Å²) in [6.07, 6.45) is 1.82. The van der Waals surface area contributed by atoms with E-state index >= 15 is 0 Å². The number of hydrogen-bond acceptors (Lipinski definition) is 4. The summed E-state index contributed by atoms with van der Waals surface area (Å²) in [5.74, 6) is -0.0826. The maximum absolute atomic E-state index is 12.1. The lowest BCUT2D eigenvalue weighted by Crippen LogP contribution is -2.47. The summed E-state index contributed by atoms with van der Waals surface area (Å²) in [5.41, 5.74) is 2.80. The van der Waals surface area contributed by atoms with E-state index in [0.29, 0.717) is 6.61 Å². The first kappa shape index (κ1) is 18.5. The van der Waals surface area contributed by atoms with Crippen LogP contribution in [0.4, 0.5) is 0 Å². The zero-order valence-electron chi connectivity index (χ0n) is 16.0. The number of fused-ring (bicyclic) bond motifs is 1. The number of carboxylic acids is 1. The third-order valence-corrected chi connectivity index (χ3v) is 5.37. The molecule has 0 bridgehead atoms. The van der Waals surface area contributed by atoms with Crippen molar-refractivity contribution in [2.75, 3.05) is 33.2 Å². The van der Waals surface area contributed by atoms with Gasteiger partial charge in [-0.1, -0.05) is 30.3 Å². The molecule has 4 rings (SSSR count). The molecule has 0 aliphatic carbocycles. The first-order valence-electron chi connectivity index (χ1n) is 9.55. The van der Waals surface area contributed by atoms with Gasteiger partial charge in [0.2, 0.25) is 0 Å². The van der Waals surface area contributed by atoms with Crippen LogP contribution in [0.3, 0.4) is 0 Å². The number of rotatable bonds is 6. The van der Waals surface area contributed by atoms with Crippen molar-refractivity contribution < 1.29 is 14.6 Å². The lowest BCUT2D eigenvalue weighted by molar-refractivity contribution is -0.144. The Kier molecular flexibility index (Phi) is 5.32. The number of aromatic nitrogens is 1. The minimum absolute atomic E-state index is 0.479. The van der Waals surface area contributed by atoms with Crippen molar-refractivity contribution in [2.45, 2.75) is 12.6 Å². The molecule has 0 saturated carbocycles. The Bertz CT molecular complexity index is 946. The van der Waals surface area contributed by atoms with Crippen LogP contribution in [0, 0.1) is 0 Å². The minimum atomic E-state index is -0.818. The van der Waals surface area contributed by atoms with Crippen LogP contribution < -0.4 is 4.74 Å². The number of nitrogens with zero attached hydrogens (tertiary/aromatic N) is 2. The largest absolute Gasteiger partial charge is 0.489 e. The van der Waals surface area contributed by atoms with Gasteiger partial charge < -0.3 is 19.7 Å². The second-order valence-corrected chi connectivity index (χ2v) is 7.31. The van der Waals surface area contributed by atoms with E-state index in [0.717, 1.165) is 54.0 Å². The van der Waals surface area contributed by atoms with Crippen LogP contribution in [-0.4, -0.2) is 59.1 Å². The molecule has 2 heterocycles. The molecular formula is C22H25N3O3. The number of nitrogens with one attached hydrogen (secondary N) is 1. The highest BCUT2D eigenvalue weighted by Gasteiger charge is 2.31. The molecule has 0 spiro atoms. The molecule has 1 saturated heterocycles. The highest BCUT2D eigenvalue weighted by molar-refractivity contribution is 5.90. The standard InChI is InChI=1S/C22H25N3O3/c1-24-9-11-25(12-10-24)21(22(26)27)19-14-23-20-8-7-17(13-18(19)20)28-15-16-5-3-2-4-6-16/h2-8,13-14,21,23H,9-12,15H2,1H3,(H,26,27)/t21-/m0/s1. The van der Waals surface area contributed by atoms with Gasteiger partial charge in [-0.3, -0.25) is 9.69 Å². The van der Waals surface area contributed by atoms with Gasteiger partial charge in [-0.05, 0) is 30.8 Å².